The van der Waals surface area contributed by atoms with Crippen LogP contribution in [0.15, 0.2) is 12.4 Å². The van der Waals surface area contributed by atoms with Crippen LogP contribution in [0, 0.1) is 11.8 Å². The number of thiophene rings is 1. The van der Waals surface area contributed by atoms with Gasteiger partial charge >= 0.3 is 0 Å². The second-order valence-electron chi connectivity index (χ2n) is 8.94. The quantitative estimate of drug-likeness (QED) is 0.680. The minimum absolute atomic E-state index is 0.127. The van der Waals surface area contributed by atoms with E-state index in [1.165, 1.54) is 30.8 Å². The molecule has 7 heteroatoms. The molecular formula is C23H35N5OS. The molecule has 164 valence electrons. The van der Waals surface area contributed by atoms with E-state index in [2.05, 4.69) is 45.0 Å². The number of amides is 1. The molecule has 0 bridgehead atoms. The number of anilines is 1. The first kappa shape index (κ1) is 21.5. The number of aromatic nitrogens is 2. The lowest BCUT2D eigenvalue weighted by Gasteiger charge is -2.32. The van der Waals surface area contributed by atoms with Gasteiger partial charge in [0.1, 0.15) is 17.0 Å². The van der Waals surface area contributed by atoms with Crippen molar-refractivity contribution in [3.63, 3.8) is 0 Å². The summed E-state index contributed by atoms with van der Waals surface area (Å²) < 4.78 is 0. The Morgan fingerprint density at radius 2 is 2.07 bits per heavy atom. The van der Waals surface area contributed by atoms with Crippen molar-refractivity contribution in [1.82, 2.24) is 20.2 Å². The molecule has 4 rings (SSSR count). The zero-order valence-corrected chi connectivity index (χ0v) is 19.2. The second kappa shape index (κ2) is 10.1. The number of carbonyl (C=O) groups excluding carboxylic acids is 1. The number of carbonyl (C=O) groups is 1. The van der Waals surface area contributed by atoms with Crippen LogP contribution in [-0.2, 0) is 11.2 Å². The molecule has 2 fully saturated rings. The molecule has 0 unspecified atom stereocenters. The average Bonchev–Trinajstić information content (AvgIpc) is 3.20. The highest BCUT2D eigenvalue weighted by molar-refractivity contribution is 7.18. The van der Waals surface area contributed by atoms with Gasteiger partial charge in [-0.25, -0.2) is 9.97 Å². The average molecular weight is 430 g/mol. The molecule has 0 saturated carbocycles. The highest BCUT2D eigenvalue weighted by atomic mass is 32.1. The van der Waals surface area contributed by atoms with Crippen LogP contribution in [0.5, 0.6) is 0 Å². The van der Waals surface area contributed by atoms with E-state index in [9.17, 15) is 4.79 Å². The van der Waals surface area contributed by atoms with Crippen LogP contribution in [0.25, 0.3) is 10.2 Å². The molecule has 2 aromatic rings. The van der Waals surface area contributed by atoms with Crippen LogP contribution in [-0.4, -0.2) is 60.0 Å². The fourth-order valence-electron chi connectivity index (χ4n) is 4.82. The number of nitrogens with zero attached hydrogens (tertiary/aromatic N) is 4. The van der Waals surface area contributed by atoms with Gasteiger partial charge in [0.15, 0.2) is 0 Å². The number of piperidine rings is 2. The second-order valence-corrected chi connectivity index (χ2v) is 10.1. The lowest BCUT2D eigenvalue weighted by molar-refractivity contribution is -0.125. The van der Waals surface area contributed by atoms with Crippen LogP contribution in [0.2, 0.25) is 0 Å². The number of hydrogen-bond acceptors (Lipinski definition) is 6. The monoisotopic (exact) mass is 429 g/mol. The molecule has 2 aromatic heterocycles. The summed E-state index contributed by atoms with van der Waals surface area (Å²) in [6.07, 6.45) is 8.22. The van der Waals surface area contributed by atoms with E-state index in [0.29, 0.717) is 0 Å². The van der Waals surface area contributed by atoms with Gasteiger partial charge in [0.2, 0.25) is 5.91 Å². The smallest absolute Gasteiger partial charge is 0.223 e. The Kier molecular flexibility index (Phi) is 7.20. The van der Waals surface area contributed by atoms with E-state index < -0.39 is 0 Å². The van der Waals surface area contributed by atoms with Crippen molar-refractivity contribution < 1.29 is 4.79 Å². The number of rotatable bonds is 7. The third-order valence-corrected chi connectivity index (χ3v) is 7.75. The van der Waals surface area contributed by atoms with Crippen molar-refractivity contribution in [1.29, 1.82) is 0 Å². The van der Waals surface area contributed by atoms with Gasteiger partial charge in [-0.1, -0.05) is 13.8 Å². The molecule has 0 spiro atoms. The van der Waals surface area contributed by atoms with Crippen LogP contribution in [0.3, 0.4) is 0 Å². The van der Waals surface area contributed by atoms with E-state index in [1.54, 1.807) is 17.7 Å². The maximum atomic E-state index is 12.6. The number of likely N-dealkylation sites (tertiary alicyclic amines) is 1. The lowest BCUT2D eigenvalue weighted by atomic mass is 9.95. The predicted molar refractivity (Wildman–Crippen MR) is 124 cm³/mol. The van der Waals surface area contributed by atoms with Crippen molar-refractivity contribution in [2.45, 2.75) is 52.4 Å². The molecule has 4 heterocycles. The maximum absolute atomic E-state index is 12.6. The highest BCUT2D eigenvalue weighted by Crippen LogP contribution is 2.32. The maximum Gasteiger partial charge on any atom is 0.223 e. The van der Waals surface area contributed by atoms with Gasteiger partial charge in [0.05, 0.1) is 5.39 Å². The van der Waals surface area contributed by atoms with Crippen LogP contribution < -0.4 is 10.2 Å². The molecule has 0 aliphatic carbocycles. The molecule has 6 nitrogen and oxygen atoms in total. The molecule has 2 aliphatic heterocycles. The molecule has 2 saturated heterocycles. The number of fused-ring (bicyclic) bond motifs is 1. The third-order valence-electron chi connectivity index (χ3n) is 6.56. The lowest BCUT2D eigenvalue weighted by Crippen LogP contribution is -2.42. The first-order valence-corrected chi connectivity index (χ1v) is 12.4. The largest absolute Gasteiger partial charge is 0.356 e. The number of aryl methyl sites for hydroxylation is 1. The molecule has 30 heavy (non-hydrogen) atoms. The molecule has 0 aromatic carbocycles. The van der Waals surface area contributed by atoms with Crippen molar-refractivity contribution in [3.05, 3.63) is 17.3 Å². The Balaban J connectivity index is 1.22. The summed E-state index contributed by atoms with van der Waals surface area (Å²) in [4.78, 5) is 28.9. The van der Waals surface area contributed by atoms with E-state index >= 15 is 0 Å². The summed E-state index contributed by atoms with van der Waals surface area (Å²) >= 11 is 1.76. The summed E-state index contributed by atoms with van der Waals surface area (Å²) in [5, 5.41) is 4.35. The summed E-state index contributed by atoms with van der Waals surface area (Å²) in [5.74, 6) is 2.21. The minimum Gasteiger partial charge on any atom is -0.356 e. The Labute approximate surface area is 184 Å². The Bertz CT molecular complexity index is 845. The highest BCUT2D eigenvalue weighted by Gasteiger charge is 2.26. The standard InChI is InChI=1S/C23H35N5OS/c1-3-19-14-20-21(25-16-26-23(20)30-19)28-12-7-18(8-13-28)22(29)24-9-5-11-27-10-4-6-17(2)15-27/h14,16-18H,3-13,15H2,1-2H3,(H,24,29)/t17-/m1/s1. The zero-order valence-electron chi connectivity index (χ0n) is 18.4. The Hall–Kier alpha value is -1.73. The number of nitrogens with one attached hydrogen (secondary N) is 1. The van der Waals surface area contributed by atoms with Crippen LogP contribution in [0.4, 0.5) is 5.82 Å². The van der Waals surface area contributed by atoms with E-state index in [-0.39, 0.29) is 11.8 Å². The van der Waals surface area contributed by atoms with E-state index in [4.69, 9.17) is 0 Å². The van der Waals surface area contributed by atoms with Gasteiger partial charge in [-0.2, -0.15) is 0 Å². The fourth-order valence-corrected chi connectivity index (χ4v) is 5.75. The van der Waals surface area contributed by atoms with Crippen LogP contribution >= 0.6 is 11.3 Å². The topological polar surface area (TPSA) is 61.4 Å². The molecule has 0 radical (unpaired) electrons. The number of hydrogen-bond donors (Lipinski definition) is 1. The van der Waals surface area contributed by atoms with Crippen molar-refractivity contribution in [2.75, 3.05) is 44.2 Å². The molecule has 1 N–H and O–H groups in total. The summed E-state index contributed by atoms with van der Waals surface area (Å²) in [5.41, 5.74) is 0. The molecule has 1 atom stereocenters. The van der Waals surface area contributed by atoms with Crippen molar-refractivity contribution in [3.8, 4) is 0 Å². The summed E-state index contributed by atoms with van der Waals surface area (Å²) in [7, 11) is 0. The van der Waals surface area contributed by atoms with Gasteiger partial charge < -0.3 is 15.1 Å². The van der Waals surface area contributed by atoms with Gasteiger partial charge in [0, 0.05) is 37.0 Å². The van der Waals surface area contributed by atoms with Crippen molar-refractivity contribution in [2.24, 2.45) is 11.8 Å². The van der Waals surface area contributed by atoms with Gasteiger partial charge in [0.25, 0.3) is 0 Å². The SMILES string of the molecule is CCc1cc2c(N3CCC(C(=O)NCCCN4CCC[C@@H](C)C4)CC3)ncnc2s1. The van der Waals surface area contributed by atoms with Gasteiger partial charge in [-0.3, -0.25) is 4.79 Å². The molecule has 2 aliphatic rings. The van der Waals surface area contributed by atoms with Crippen molar-refractivity contribution >= 4 is 33.3 Å². The summed E-state index contributed by atoms with van der Waals surface area (Å²) in [6.45, 7) is 10.6. The molecular weight excluding hydrogens is 394 g/mol. The zero-order chi connectivity index (χ0) is 20.9. The van der Waals surface area contributed by atoms with Gasteiger partial charge in [-0.05, 0) is 63.6 Å². The normalized spacial score (nSPS) is 21.3. The summed E-state index contributed by atoms with van der Waals surface area (Å²) in [6, 6.07) is 2.23. The molecule has 1 amide bonds. The van der Waals surface area contributed by atoms with E-state index in [0.717, 1.165) is 73.8 Å². The minimum atomic E-state index is 0.127. The third kappa shape index (κ3) is 5.11. The Morgan fingerprint density at radius 3 is 2.83 bits per heavy atom. The van der Waals surface area contributed by atoms with Gasteiger partial charge in [-0.15, -0.1) is 11.3 Å². The Morgan fingerprint density at radius 1 is 1.23 bits per heavy atom. The van der Waals surface area contributed by atoms with E-state index in [1.807, 2.05) is 0 Å². The van der Waals surface area contributed by atoms with Crippen LogP contribution in [0.1, 0.15) is 50.8 Å². The first-order chi connectivity index (χ1) is 14.6. The predicted octanol–water partition coefficient (Wildman–Crippen LogP) is 3.71. The fraction of sp³-hybridized carbons (Fsp3) is 0.696. The first-order valence-electron chi connectivity index (χ1n) is 11.6.